The third-order valence-corrected chi connectivity index (χ3v) is 2.46. The van der Waals surface area contributed by atoms with E-state index < -0.39 is 0 Å². The molecule has 1 aromatic carbocycles. The molecule has 76 valence electrons. The number of aromatic hydroxyl groups is 1. The zero-order valence-corrected chi connectivity index (χ0v) is 8.99. The fourth-order valence-corrected chi connectivity index (χ4v) is 1.75. The van der Waals surface area contributed by atoms with Gasteiger partial charge in [0.25, 0.3) is 0 Å². The summed E-state index contributed by atoms with van der Waals surface area (Å²) in [5.41, 5.74) is 2.99. The Bertz CT molecular complexity index is 497. The first-order valence-corrected chi connectivity index (χ1v) is 4.95. The molecule has 1 heterocycles. The highest BCUT2D eigenvalue weighted by atomic mass is 35.5. The molecule has 0 atom stereocenters. The van der Waals surface area contributed by atoms with Crippen LogP contribution in [0.5, 0.6) is 5.75 Å². The zero-order chi connectivity index (χ0) is 10.8. The van der Waals surface area contributed by atoms with Gasteiger partial charge in [-0.2, -0.15) is 0 Å². The highest BCUT2D eigenvalue weighted by Gasteiger charge is 2.03. The quantitative estimate of drug-likeness (QED) is 0.797. The largest absolute Gasteiger partial charge is 0.506 e. The van der Waals surface area contributed by atoms with Crippen LogP contribution in [0.25, 0.3) is 11.1 Å². The number of hydrogen-bond acceptors (Lipinski definition) is 2. The van der Waals surface area contributed by atoms with Gasteiger partial charge in [-0.15, -0.1) is 0 Å². The van der Waals surface area contributed by atoms with E-state index in [9.17, 15) is 5.11 Å². The molecule has 0 aliphatic carbocycles. The lowest BCUT2D eigenvalue weighted by atomic mass is 10.0. The normalized spacial score (nSPS) is 10.3. The number of aromatic nitrogens is 1. The Balaban J connectivity index is 2.54. The van der Waals surface area contributed by atoms with Crippen LogP contribution in [0.4, 0.5) is 0 Å². The summed E-state index contributed by atoms with van der Waals surface area (Å²) in [7, 11) is 0. The maximum absolute atomic E-state index is 9.33. The van der Waals surface area contributed by atoms with Crippen LogP contribution in [0, 0.1) is 6.92 Å². The van der Waals surface area contributed by atoms with Gasteiger partial charge in [0.1, 0.15) is 5.75 Å². The van der Waals surface area contributed by atoms with Crippen molar-refractivity contribution in [2.45, 2.75) is 6.92 Å². The molecule has 0 saturated heterocycles. The van der Waals surface area contributed by atoms with Gasteiger partial charge in [-0.3, -0.25) is 4.98 Å². The summed E-state index contributed by atoms with van der Waals surface area (Å²) in [6, 6.07) is 7.33. The van der Waals surface area contributed by atoms with Crippen LogP contribution in [-0.2, 0) is 0 Å². The minimum atomic E-state index is 0.168. The van der Waals surface area contributed by atoms with Crippen LogP contribution in [0.15, 0.2) is 36.7 Å². The molecule has 2 aromatic rings. The van der Waals surface area contributed by atoms with Crippen molar-refractivity contribution < 1.29 is 5.11 Å². The predicted octanol–water partition coefficient (Wildman–Crippen LogP) is 3.42. The average Bonchev–Trinajstić information content (AvgIpc) is 2.17. The number of rotatable bonds is 1. The van der Waals surface area contributed by atoms with Crippen molar-refractivity contribution in [3.8, 4) is 16.9 Å². The topological polar surface area (TPSA) is 33.1 Å². The summed E-state index contributed by atoms with van der Waals surface area (Å²) < 4.78 is 0. The van der Waals surface area contributed by atoms with Gasteiger partial charge in [0.05, 0.1) is 6.20 Å². The van der Waals surface area contributed by atoms with E-state index in [1.54, 1.807) is 12.3 Å². The molecule has 2 nitrogen and oxygen atoms in total. The van der Waals surface area contributed by atoms with Crippen LogP contribution in [-0.4, -0.2) is 10.1 Å². The zero-order valence-electron chi connectivity index (χ0n) is 8.24. The van der Waals surface area contributed by atoms with E-state index >= 15 is 0 Å². The van der Waals surface area contributed by atoms with Crippen molar-refractivity contribution in [3.63, 3.8) is 0 Å². The van der Waals surface area contributed by atoms with E-state index in [1.807, 2.05) is 25.1 Å². The Morgan fingerprint density at radius 1 is 1.20 bits per heavy atom. The van der Waals surface area contributed by atoms with Gasteiger partial charge in [0, 0.05) is 16.8 Å². The second kappa shape index (κ2) is 3.91. The predicted molar refractivity (Wildman–Crippen MR) is 61.1 cm³/mol. The molecule has 0 saturated carbocycles. The number of halogens is 1. The van der Waals surface area contributed by atoms with Crippen molar-refractivity contribution in [2.24, 2.45) is 0 Å². The third-order valence-electron chi connectivity index (χ3n) is 2.22. The van der Waals surface area contributed by atoms with Gasteiger partial charge in [0.2, 0.25) is 0 Å². The summed E-state index contributed by atoms with van der Waals surface area (Å²) in [4.78, 5) is 3.94. The lowest BCUT2D eigenvalue weighted by molar-refractivity contribution is 0.473. The monoisotopic (exact) mass is 219 g/mol. The second-order valence-corrected chi connectivity index (χ2v) is 3.83. The van der Waals surface area contributed by atoms with Crippen molar-refractivity contribution >= 4 is 11.6 Å². The third kappa shape index (κ3) is 2.10. The van der Waals surface area contributed by atoms with Crippen LogP contribution in [0.1, 0.15) is 5.56 Å². The summed E-state index contributed by atoms with van der Waals surface area (Å²) >= 11 is 5.87. The molecule has 0 aliphatic rings. The molecule has 0 amide bonds. The maximum atomic E-state index is 9.33. The molecule has 0 aliphatic heterocycles. The Morgan fingerprint density at radius 3 is 2.67 bits per heavy atom. The molecule has 2 rings (SSSR count). The number of hydrogen-bond donors (Lipinski definition) is 1. The second-order valence-electron chi connectivity index (χ2n) is 3.39. The molecule has 0 spiro atoms. The standard InChI is InChI=1S/C12H10ClNO/c1-8-4-10(13)2-3-12(8)9-5-11(15)7-14-6-9/h2-7,15H,1H3. The molecule has 3 heteroatoms. The lowest BCUT2D eigenvalue weighted by Gasteiger charge is -2.06. The van der Waals surface area contributed by atoms with Gasteiger partial charge >= 0.3 is 0 Å². The molecular weight excluding hydrogens is 210 g/mol. The van der Waals surface area contributed by atoms with E-state index in [-0.39, 0.29) is 5.75 Å². The fourth-order valence-electron chi connectivity index (χ4n) is 1.53. The number of aryl methyl sites for hydroxylation is 1. The van der Waals surface area contributed by atoms with Crippen molar-refractivity contribution in [3.05, 3.63) is 47.2 Å². The number of benzene rings is 1. The molecule has 0 fully saturated rings. The maximum Gasteiger partial charge on any atom is 0.134 e. The van der Waals surface area contributed by atoms with Crippen molar-refractivity contribution in [2.75, 3.05) is 0 Å². The minimum Gasteiger partial charge on any atom is -0.506 e. The van der Waals surface area contributed by atoms with E-state index in [4.69, 9.17) is 11.6 Å². The van der Waals surface area contributed by atoms with Gasteiger partial charge in [-0.25, -0.2) is 0 Å². The number of pyridine rings is 1. The summed E-state index contributed by atoms with van der Waals surface area (Å²) in [6.07, 6.45) is 3.13. The van der Waals surface area contributed by atoms with Gasteiger partial charge in [-0.05, 0) is 36.2 Å². The molecule has 0 unspecified atom stereocenters. The minimum absolute atomic E-state index is 0.168. The Morgan fingerprint density at radius 2 is 2.00 bits per heavy atom. The van der Waals surface area contributed by atoms with Crippen LogP contribution >= 0.6 is 11.6 Å². The number of nitrogens with zero attached hydrogens (tertiary/aromatic N) is 1. The Labute approximate surface area is 93.2 Å². The van der Waals surface area contributed by atoms with E-state index in [1.165, 1.54) is 6.20 Å². The van der Waals surface area contributed by atoms with E-state index in [2.05, 4.69) is 4.98 Å². The Hall–Kier alpha value is -1.54. The Kier molecular flexibility index (Phi) is 2.60. The lowest BCUT2D eigenvalue weighted by Crippen LogP contribution is -1.84. The van der Waals surface area contributed by atoms with Crippen LogP contribution < -0.4 is 0 Å². The molecule has 1 aromatic heterocycles. The highest BCUT2D eigenvalue weighted by Crippen LogP contribution is 2.27. The first kappa shape index (κ1) is 9.99. The molecule has 0 radical (unpaired) electrons. The molecule has 15 heavy (non-hydrogen) atoms. The smallest absolute Gasteiger partial charge is 0.134 e. The van der Waals surface area contributed by atoms with E-state index in [0.717, 1.165) is 16.7 Å². The highest BCUT2D eigenvalue weighted by molar-refractivity contribution is 6.30. The van der Waals surface area contributed by atoms with Crippen LogP contribution in [0.2, 0.25) is 5.02 Å². The van der Waals surface area contributed by atoms with Gasteiger partial charge < -0.3 is 5.11 Å². The SMILES string of the molecule is Cc1cc(Cl)ccc1-c1cncc(O)c1. The molecule has 1 N–H and O–H groups in total. The average molecular weight is 220 g/mol. The fraction of sp³-hybridized carbons (Fsp3) is 0.0833. The summed E-state index contributed by atoms with van der Waals surface area (Å²) in [6.45, 7) is 1.98. The molecular formula is C12H10ClNO. The molecule has 0 bridgehead atoms. The summed E-state index contributed by atoms with van der Waals surface area (Å²) in [5.74, 6) is 0.168. The first-order chi connectivity index (χ1) is 7.16. The summed E-state index contributed by atoms with van der Waals surface area (Å²) in [5, 5.41) is 10.0. The van der Waals surface area contributed by atoms with Gasteiger partial charge in [0.15, 0.2) is 0 Å². The van der Waals surface area contributed by atoms with Gasteiger partial charge in [-0.1, -0.05) is 17.7 Å². The first-order valence-electron chi connectivity index (χ1n) is 4.57. The van der Waals surface area contributed by atoms with Crippen molar-refractivity contribution in [1.29, 1.82) is 0 Å². The van der Waals surface area contributed by atoms with Crippen LogP contribution in [0.3, 0.4) is 0 Å². The van der Waals surface area contributed by atoms with E-state index in [0.29, 0.717) is 5.02 Å². The van der Waals surface area contributed by atoms with Crippen molar-refractivity contribution in [1.82, 2.24) is 4.98 Å².